The number of ketones is 1. The van der Waals surface area contributed by atoms with E-state index in [0.29, 0.717) is 37.9 Å². The van der Waals surface area contributed by atoms with E-state index in [9.17, 15) is 27.9 Å². The number of Topliss-reactive ketones (excluding diaryl/α,β-unsaturated/α-hetero) is 1. The second-order valence-corrected chi connectivity index (χ2v) is 8.97. The van der Waals surface area contributed by atoms with Crippen LogP contribution in [0.25, 0.3) is 0 Å². The Morgan fingerprint density at radius 1 is 1.11 bits per heavy atom. The summed E-state index contributed by atoms with van der Waals surface area (Å²) in [6, 6.07) is 0. The minimum absolute atomic E-state index is 0.0171. The molecule has 1 saturated carbocycles. The minimum Gasteiger partial charge on any atom is -0.481 e. The number of hydrogen-bond acceptors (Lipinski definition) is 4. The van der Waals surface area contributed by atoms with Crippen molar-refractivity contribution in [1.82, 2.24) is 0 Å². The van der Waals surface area contributed by atoms with Gasteiger partial charge in [-0.15, -0.1) is 0 Å². The lowest BCUT2D eigenvalue weighted by Crippen LogP contribution is -2.20. The van der Waals surface area contributed by atoms with Gasteiger partial charge in [0, 0.05) is 36.2 Å². The number of aliphatic hydroxyl groups excluding tert-OH is 1. The van der Waals surface area contributed by atoms with E-state index in [1.807, 2.05) is 0 Å². The predicted molar refractivity (Wildman–Crippen MR) is 104 cm³/mol. The van der Waals surface area contributed by atoms with Crippen LogP contribution in [-0.4, -0.2) is 45.2 Å². The highest BCUT2D eigenvalue weighted by molar-refractivity contribution is 8.00. The Morgan fingerprint density at radius 2 is 1.79 bits per heavy atom. The van der Waals surface area contributed by atoms with Gasteiger partial charge < -0.3 is 10.2 Å². The van der Waals surface area contributed by atoms with Gasteiger partial charge in [-0.3, -0.25) is 9.59 Å². The van der Waals surface area contributed by atoms with Gasteiger partial charge in [-0.25, -0.2) is 0 Å². The zero-order chi connectivity index (χ0) is 21.0. The normalized spacial score (nSPS) is 21.2. The minimum atomic E-state index is -4.10. The van der Waals surface area contributed by atoms with Crippen LogP contribution in [0.5, 0.6) is 0 Å². The van der Waals surface area contributed by atoms with E-state index in [0.717, 1.165) is 32.1 Å². The summed E-state index contributed by atoms with van der Waals surface area (Å²) >= 11 is 1.62. The predicted octanol–water partition coefficient (Wildman–Crippen LogP) is 5.37. The molecule has 1 aliphatic carbocycles. The van der Waals surface area contributed by atoms with Gasteiger partial charge in [-0.1, -0.05) is 32.1 Å². The van der Waals surface area contributed by atoms with Gasteiger partial charge in [0.05, 0.1) is 6.10 Å². The van der Waals surface area contributed by atoms with Gasteiger partial charge in [0.25, 0.3) is 0 Å². The molecule has 8 heteroatoms. The summed E-state index contributed by atoms with van der Waals surface area (Å²) in [5.41, 5.74) is 0. The van der Waals surface area contributed by atoms with Gasteiger partial charge in [0.2, 0.25) is 0 Å². The topological polar surface area (TPSA) is 74.6 Å². The second kappa shape index (κ2) is 13.5. The summed E-state index contributed by atoms with van der Waals surface area (Å²) < 4.78 is 36.2. The van der Waals surface area contributed by atoms with Gasteiger partial charge in [0.15, 0.2) is 0 Å². The van der Waals surface area contributed by atoms with Gasteiger partial charge in [-0.05, 0) is 32.1 Å². The van der Waals surface area contributed by atoms with Crippen LogP contribution in [0.3, 0.4) is 0 Å². The molecule has 0 aromatic heterocycles. The molecule has 3 atom stereocenters. The third-order valence-corrected chi connectivity index (χ3v) is 6.76. The number of thioether (sulfide) groups is 1. The molecule has 4 nitrogen and oxygen atoms in total. The summed E-state index contributed by atoms with van der Waals surface area (Å²) in [4.78, 5) is 22.6. The van der Waals surface area contributed by atoms with Crippen molar-refractivity contribution in [3.8, 4) is 0 Å². The molecule has 164 valence electrons. The Morgan fingerprint density at radius 3 is 2.46 bits per heavy atom. The Bertz CT molecular complexity index is 471. The Hall–Kier alpha value is -0.760. The molecule has 0 aliphatic heterocycles. The number of unbranched alkanes of at least 4 members (excludes halogenated alkanes) is 5. The molecule has 0 saturated heterocycles. The molecule has 0 aromatic carbocycles. The van der Waals surface area contributed by atoms with Crippen molar-refractivity contribution >= 4 is 23.5 Å². The molecule has 1 fully saturated rings. The molecule has 1 rings (SSSR count). The van der Waals surface area contributed by atoms with Crippen LogP contribution >= 0.6 is 11.8 Å². The summed E-state index contributed by atoms with van der Waals surface area (Å²) in [5.74, 6) is 0.0428. The lowest BCUT2D eigenvalue weighted by Gasteiger charge is -2.20. The number of carbonyl (C=O) groups excluding carboxylic acids is 1. The molecule has 28 heavy (non-hydrogen) atoms. The molecule has 3 unspecified atom stereocenters. The van der Waals surface area contributed by atoms with E-state index < -0.39 is 24.7 Å². The van der Waals surface area contributed by atoms with Crippen LogP contribution in [0.2, 0.25) is 0 Å². The average Bonchev–Trinajstić information content (AvgIpc) is 2.94. The maximum atomic E-state index is 12.1. The van der Waals surface area contributed by atoms with E-state index in [-0.39, 0.29) is 29.8 Å². The molecule has 1 aliphatic rings. The standard InChI is InChI=1S/C20H33F3O4S/c21-20(22,23)13-7-3-4-8-15(24)14-28-18-12-11-17(25)16(18)9-5-1-2-6-10-19(26)27/h15-16,18,24H,1-14H2,(H,26,27). The Kier molecular flexibility index (Phi) is 12.2. The molecular formula is C20H33F3O4S. The number of carboxylic acid groups (broad SMARTS) is 1. The van der Waals surface area contributed by atoms with E-state index in [2.05, 4.69) is 0 Å². The van der Waals surface area contributed by atoms with E-state index in [4.69, 9.17) is 5.11 Å². The zero-order valence-corrected chi connectivity index (χ0v) is 17.2. The van der Waals surface area contributed by atoms with Crippen LogP contribution in [-0.2, 0) is 9.59 Å². The van der Waals surface area contributed by atoms with E-state index >= 15 is 0 Å². The van der Waals surface area contributed by atoms with E-state index in [1.165, 1.54) is 0 Å². The fourth-order valence-corrected chi connectivity index (χ4v) is 5.06. The number of hydrogen-bond donors (Lipinski definition) is 2. The molecule has 0 amide bonds. The summed E-state index contributed by atoms with van der Waals surface area (Å²) in [7, 11) is 0. The quantitative estimate of drug-likeness (QED) is 0.345. The fourth-order valence-electron chi connectivity index (χ4n) is 3.62. The van der Waals surface area contributed by atoms with Gasteiger partial charge >= 0.3 is 12.1 Å². The van der Waals surface area contributed by atoms with Crippen LogP contribution in [0.1, 0.15) is 83.5 Å². The van der Waals surface area contributed by atoms with Crippen LogP contribution in [0, 0.1) is 5.92 Å². The third kappa shape index (κ3) is 11.9. The third-order valence-electron chi connectivity index (χ3n) is 5.19. The molecular weight excluding hydrogens is 393 g/mol. The highest BCUT2D eigenvalue weighted by atomic mass is 32.2. The highest BCUT2D eigenvalue weighted by Crippen LogP contribution is 2.36. The van der Waals surface area contributed by atoms with Gasteiger partial charge in [0.1, 0.15) is 5.78 Å². The number of aliphatic carboxylic acids is 1. The van der Waals surface area contributed by atoms with Crippen molar-refractivity contribution in [2.75, 3.05) is 5.75 Å². The van der Waals surface area contributed by atoms with Crippen molar-refractivity contribution < 1.29 is 33.0 Å². The first-order chi connectivity index (χ1) is 13.2. The maximum Gasteiger partial charge on any atom is 0.389 e. The lowest BCUT2D eigenvalue weighted by atomic mass is 9.98. The van der Waals surface area contributed by atoms with Crippen LogP contribution in [0.15, 0.2) is 0 Å². The second-order valence-electron chi connectivity index (χ2n) is 7.70. The molecule has 0 spiro atoms. The first kappa shape index (κ1) is 25.3. The first-order valence-electron chi connectivity index (χ1n) is 10.3. The SMILES string of the molecule is O=C(O)CCCCCCC1C(=O)CCC1SCC(O)CCCCCC(F)(F)F. The zero-order valence-electron chi connectivity index (χ0n) is 16.4. The van der Waals surface area contributed by atoms with Crippen LogP contribution < -0.4 is 0 Å². The number of carboxylic acids is 1. The summed E-state index contributed by atoms with van der Waals surface area (Å²) in [5, 5.41) is 18.9. The molecule has 0 aromatic rings. The largest absolute Gasteiger partial charge is 0.481 e. The van der Waals surface area contributed by atoms with Crippen molar-refractivity contribution in [3.05, 3.63) is 0 Å². The van der Waals surface area contributed by atoms with Crippen LogP contribution in [0.4, 0.5) is 13.2 Å². The summed E-state index contributed by atoms with van der Waals surface area (Å²) in [6.07, 6.45) is 2.02. The highest BCUT2D eigenvalue weighted by Gasteiger charge is 2.34. The average molecular weight is 427 g/mol. The smallest absolute Gasteiger partial charge is 0.389 e. The lowest BCUT2D eigenvalue weighted by molar-refractivity contribution is -0.137. The fraction of sp³-hybridized carbons (Fsp3) is 0.900. The number of alkyl halides is 3. The number of rotatable bonds is 15. The van der Waals surface area contributed by atoms with Crippen molar-refractivity contribution in [2.45, 2.75) is 101 Å². The molecule has 0 bridgehead atoms. The first-order valence-corrected chi connectivity index (χ1v) is 11.3. The molecule has 2 N–H and O–H groups in total. The monoisotopic (exact) mass is 426 g/mol. The van der Waals surface area contributed by atoms with Crippen molar-refractivity contribution in [3.63, 3.8) is 0 Å². The number of carbonyl (C=O) groups is 2. The Balaban J connectivity index is 2.15. The maximum absolute atomic E-state index is 12.1. The molecule has 0 heterocycles. The summed E-state index contributed by atoms with van der Waals surface area (Å²) in [6.45, 7) is 0. The van der Waals surface area contributed by atoms with Crippen molar-refractivity contribution in [1.29, 1.82) is 0 Å². The molecule has 0 radical (unpaired) electrons. The number of halogens is 3. The Labute approximate surface area is 169 Å². The van der Waals surface area contributed by atoms with E-state index in [1.54, 1.807) is 11.8 Å². The number of aliphatic hydroxyl groups is 1. The van der Waals surface area contributed by atoms with Gasteiger partial charge in [-0.2, -0.15) is 24.9 Å². The van der Waals surface area contributed by atoms with Crippen molar-refractivity contribution in [2.24, 2.45) is 5.92 Å².